The Kier molecular flexibility index (Phi) is 8.06. The first-order valence-electron chi connectivity index (χ1n) is 15.7. The fourth-order valence-electron chi connectivity index (χ4n) is 8.24. The maximum absolute atomic E-state index is 14.0. The molecule has 48 heavy (non-hydrogen) atoms. The van der Waals surface area contributed by atoms with Crippen LogP contribution in [0.2, 0.25) is 10.0 Å². The number of hydrogen-bond acceptors (Lipinski definition) is 8. The number of aromatic amines is 1. The van der Waals surface area contributed by atoms with Gasteiger partial charge in [0.2, 0.25) is 11.8 Å². The molecule has 2 N–H and O–H groups in total. The van der Waals surface area contributed by atoms with Crippen LogP contribution in [0.15, 0.2) is 76.6 Å². The first-order valence-corrected chi connectivity index (χ1v) is 18.2. The molecule has 4 aliphatic rings. The van der Waals surface area contributed by atoms with Crippen LogP contribution in [0.4, 0.5) is 11.4 Å². The topological polar surface area (TPSA) is 118 Å². The number of nitrogens with zero attached hydrogens (tertiary/aromatic N) is 1. The molecule has 8 rings (SSSR count). The Hall–Kier alpha value is -3.77. The maximum Gasteiger partial charge on any atom is 0.305 e. The van der Waals surface area contributed by atoms with Crippen LogP contribution in [0.5, 0.6) is 11.5 Å². The number of thioether (sulfide) groups is 1. The Labute approximate surface area is 293 Å². The molecule has 13 heteroatoms. The minimum Gasteiger partial charge on any atom is -0.490 e. The average Bonchev–Trinajstić information content (AvgIpc) is 3.81. The van der Waals surface area contributed by atoms with Crippen molar-refractivity contribution in [3.8, 4) is 11.5 Å². The fourth-order valence-corrected chi connectivity index (χ4v) is 11.4. The van der Waals surface area contributed by atoms with Gasteiger partial charge in [-0.15, -0.1) is 11.8 Å². The summed E-state index contributed by atoms with van der Waals surface area (Å²) >= 11 is 14.9. The third-order valence-electron chi connectivity index (χ3n) is 9.93. The van der Waals surface area contributed by atoms with E-state index in [-0.39, 0.29) is 64.0 Å². The average molecular weight is 723 g/mol. The van der Waals surface area contributed by atoms with Crippen molar-refractivity contribution in [2.75, 3.05) is 23.4 Å². The summed E-state index contributed by atoms with van der Waals surface area (Å²) in [6.07, 6.45) is 0.793. The van der Waals surface area contributed by atoms with Crippen LogP contribution in [0.3, 0.4) is 0 Å². The van der Waals surface area contributed by atoms with Gasteiger partial charge < -0.3 is 19.8 Å². The summed E-state index contributed by atoms with van der Waals surface area (Å²) in [6, 6.07) is 19.6. The maximum atomic E-state index is 14.0. The number of para-hydroxylation sites is 1. The van der Waals surface area contributed by atoms with Crippen LogP contribution in [0.1, 0.15) is 29.7 Å². The van der Waals surface area contributed by atoms with Gasteiger partial charge in [0.05, 0.1) is 39.2 Å². The highest BCUT2D eigenvalue weighted by Gasteiger charge is 2.69. The van der Waals surface area contributed by atoms with Gasteiger partial charge in [0, 0.05) is 21.7 Å². The van der Waals surface area contributed by atoms with E-state index in [2.05, 4.69) is 10.3 Å². The number of anilines is 2. The number of rotatable bonds is 8. The predicted octanol–water partition coefficient (Wildman–Crippen LogP) is 6.84. The number of carbonyl (C=O) groups excluding carboxylic acids is 3. The van der Waals surface area contributed by atoms with Gasteiger partial charge in [-0.25, -0.2) is 0 Å². The molecule has 4 unspecified atom stereocenters. The largest absolute Gasteiger partial charge is 0.490 e. The van der Waals surface area contributed by atoms with Crippen molar-refractivity contribution in [2.45, 2.75) is 29.5 Å². The highest BCUT2D eigenvalue weighted by molar-refractivity contribution is 8.00. The highest BCUT2D eigenvalue weighted by atomic mass is 35.5. The van der Waals surface area contributed by atoms with Gasteiger partial charge in [0.1, 0.15) is 0 Å². The van der Waals surface area contributed by atoms with Crippen molar-refractivity contribution in [3.05, 3.63) is 96.9 Å². The summed E-state index contributed by atoms with van der Waals surface area (Å²) in [5.74, 6) is -0.679. The summed E-state index contributed by atoms with van der Waals surface area (Å²) in [7, 11) is 0. The van der Waals surface area contributed by atoms with Gasteiger partial charge >= 0.3 is 4.87 Å². The quantitative estimate of drug-likeness (QED) is 0.192. The van der Waals surface area contributed by atoms with Crippen molar-refractivity contribution >= 4 is 75.4 Å². The molecule has 3 fully saturated rings. The van der Waals surface area contributed by atoms with Gasteiger partial charge in [-0.05, 0) is 79.1 Å². The third kappa shape index (κ3) is 5.14. The van der Waals surface area contributed by atoms with Crippen molar-refractivity contribution in [2.24, 2.45) is 29.6 Å². The molecule has 3 aromatic carbocycles. The molecule has 0 radical (unpaired) electrons. The second-order valence-corrected chi connectivity index (χ2v) is 15.4. The van der Waals surface area contributed by atoms with E-state index in [4.69, 9.17) is 32.7 Å². The first-order chi connectivity index (χ1) is 23.2. The van der Waals surface area contributed by atoms with Crippen LogP contribution < -0.4 is 24.6 Å². The molecule has 0 spiro atoms. The molecule has 3 amide bonds. The number of ether oxygens (including phenoxy) is 2. The van der Waals surface area contributed by atoms with E-state index >= 15 is 0 Å². The Morgan fingerprint density at radius 3 is 2.46 bits per heavy atom. The van der Waals surface area contributed by atoms with Gasteiger partial charge in [-0.1, -0.05) is 58.8 Å². The number of hydrogen-bond donors (Lipinski definition) is 2. The minimum atomic E-state index is -0.396. The summed E-state index contributed by atoms with van der Waals surface area (Å²) < 4.78 is 11.9. The summed E-state index contributed by atoms with van der Waals surface area (Å²) in [6.45, 7) is 1.97. The minimum absolute atomic E-state index is 0.0159. The van der Waals surface area contributed by atoms with E-state index in [0.717, 1.165) is 21.9 Å². The molecule has 9 nitrogen and oxygen atoms in total. The molecule has 2 aliphatic heterocycles. The zero-order valence-electron chi connectivity index (χ0n) is 25.5. The molecule has 7 atom stereocenters. The van der Waals surface area contributed by atoms with E-state index < -0.39 is 5.92 Å². The number of H-pyrrole nitrogens is 1. The van der Waals surface area contributed by atoms with Crippen molar-refractivity contribution < 1.29 is 23.9 Å². The third-order valence-corrected chi connectivity index (χ3v) is 13.3. The summed E-state index contributed by atoms with van der Waals surface area (Å²) in [5, 5.41) is 4.35. The number of carbonyl (C=O) groups is 3. The van der Waals surface area contributed by atoms with Gasteiger partial charge in [0.15, 0.2) is 18.1 Å². The lowest BCUT2D eigenvalue weighted by atomic mass is 9.68. The van der Waals surface area contributed by atoms with E-state index in [1.807, 2.05) is 37.3 Å². The number of aromatic nitrogens is 1. The van der Waals surface area contributed by atoms with E-state index in [0.29, 0.717) is 39.5 Å². The van der Waals surface area contributed by atoms with Crippen LogP contribution in [0.25, 0.3) is 0 Å². The van der Waals surface area contributed by atoms with Gasteiger partial charge in [-0.3, -0.25) is 24.1 Å². The number of nitrogens with one attached hydrogen (secondary N) is 2. The predicted molar refractivity (Wildman–Crippen MR) is 186 cm³/mol. The number of benzene rings is 3. The normalized spacial score (nSPS) is 26.6. The number of halogens is 2. The smallest absolute Gasteiger partial charge is 0.305 e. The van der Waals surface area contributed by atoms with E-state index in [1.165, 1.54) is 16.2 Å². The number of thiazole rings is 1. The number of fused-ring (bicyclic) bond motifs is 9. The van der Waals surface area contributed by atoms with E-state index in [1.54, 1.807) is 48.2 Å². The van der Waals surface area contributed by atoms with E-state index in [9.17, 15) is 19.2 Å². The molecular weight excluding hydrogens is 693 g/mol. The lowest BCUT2D eigenvalue weighted by Gasteiger charge is -2.43. The molecular formula is C35H29Cl2N3O6S2. The molecule has 1 saturated heterocycles. The van der Waals surface area contributed by atoms with Crippen LogP contribution in [0, 0.1) is 29.6 Å². The molecule has 2 saturated carbocycles. The van der Waals surface area contributed by atoms with Crippen LogP contribution in [-0.4, -0.2) is 41.2 Å². The summed E-state index contributed by atoms with van der Waals surface area (Å²) in [5.41, 5.74) is 2.03. The van der Waals surface area contributed by atoms with Gasteiger partial charge in [0.25, 0.3) is 5.91 Å². The fraction of sp³-hybridized carbons (Fsp3) is 0.314. The Morgan fingerprint density at radius 1 is 0.938 bits per heavy atom. The lowest BCUT2D eigenvalue weighted by Crippen LogP contribution is -2.42. The number of amides is 3. The molecule has 1 aromatic heterocycles. The molecule has 3 heterocycles. The molecule has 246 valence electrons. The second kappa shape index (κ2) is 12.3. The SMILES string of the molecule is CCOc1cc([C@H]2c3sc(=O)[nH]c3SC3C2[C@H]2C[C@@H]3C3C(=O)N(c4ccccc4)C(=O)C32)ccc1OCC(=O)Nc1ccc(Cl)c(Cl)c1. The highest BCUT2D eigenvalue weighted by Crippen LogP contribution is 2.68. The van der Waals surface area contributed by atoms with Gasteiger partial charge in [-0.2, -0.15) is 0 Å². The first kappa shape index (κ1) is 31.5. The Morgan fingerprint density at radius 2 is 1.71 bits per heavy atom. The molecule has 2 bridgehead atoms. The van der Waals surface area contributed by atoms with Crippen LogP contribution in [-0.2, 0) is 14.4 Å². The standard InChI is InChI=1S/C35H29Cl2N3O6S2/c1-2-45-24-12-16(8-11-23(24)46-15-25(41)38-17-9-10-21(36)22(37)13-17)26-27-19-14-20(30(27)47-32-31(26)48-35(44)39-32)29-28(19)33(42)40(34(29)43)18-6-4-3-5-7-18/h3-13,19-20,26-30H,2,14-15H2,1H3,(H,38,41)(H,39,44)/t19-,20-,26-,27?,28?,29?,30?/m1/s1. The molecule has 2 aliphatic carbocycles. The van der Waals surface area contributed by atoms with Crippen LogP contribution >= 0.6 is 46.3 Å². The number of imide groups is 1. The second-order valence-electron chi connectivity index (χ2n) is 12.4. The monoisotopic (exact) mass is 721 g/mol. The lowest BCUT2D eigenvalue weighted by molar-refractivity contribution is -0.123. The zero-order chi connectivity index (χ0) is 33.3. The Bertz CT molecular complexity index is 2020. The van der Waals surface area contributed by atoms with Crippen molar-refractivity contribution in [1.82, 2.24) is 4.98 Å². The zero-order valence-corrected chi connectivity index (χ0v) is 28.6. The molecule has 4 aromatic rings. The van der Waals surface area contributed by atoms with Crippen molar-refractivity contribution in [1.29, 1.82) is 0 Å². The Balaban J connectivity index is 1.09. The van der Waals surface area contributed by atoms with Crippen molar-refractivity contribution in [3.63, 3.8) is 0 Å². The summed E-state index contributed by atoms with van der Waals surface area (Å²) in [4.78, 5) is 58.5.